The van der Waals surface area contributed by atoms with E-state index in [9.17, 15) is 9.90 Å². The molecule has 0 aromatic carbocycles. The molecule has 2 aliphatic rings. The van der Waals surface area contributed by atoms with Crippen molar-refractivity contribution in [3.8, 4) is 5.75 Å². The van der Waals surface area contributed by atoms with E-state index in [0.29, 0.717) is 24.2 Å². The summed E-state index contributed by atoms with van der Waals surface area (Å²) >= 11 is 0. The van der Waals surface area contributed by atoms with Gasteiger partial charge in [0.25, 0.3) is 0 Å². The van der Waals surface area contributed by atoms with E-state index in [-0.39, 0.29) is 18.2 Å². The molecular weight excluding hydrogens is 320 g/mol. The van der Waals surface area contributed by atoms with E-state index in [0.717, 1.165) is 19.3 Å². The monoisotopic (exact) mass is 348 g/mol. The number of carbonyl (C=O) groups is 1. The number of nitrogens with zero attached hydrogens (tertiary/aromatic N) is 2. The van der Waals surface area contributed by atoms with Crippen molar-refractivity contribution < 1.29 is 19.4 Å². The van der Waals surface area contributed by atoms with Crippen LogP contribution in [0.4, 0.5) is 4.79 Å². The predicted molar refractivity (Wildman–Crippen MR) is 93.4 cm³/mol. The first-order valence-electron chi connectivity index (χ1n) is 8.96. The molecular formula is C19H28N2O4. The Labute approximate surface area is 149 Å². The fourth-order valence-electron chi connectivity index (χ4n) is 4.17. The van der Waals surface area contributed by atoms with Gasteiger partial charge in [-0.05, 0) is 46.1 Å². The highest BCUT2D eigenvalue weighted by Gasteiger charge is 2.50. The number of hydrogen-bond donors (Lipinski definition) is 1. The molecule has 6 nitrogen and oxygen atoms in total. The molecule has 0 aliphatic carbocycles. The van der Waals surface area contributed by atoms with Gasteiger partial charge in [-0.25, -0.2) is 4.79 Å². The second-order valence-corrected chi connectivity index (χ2v) is 8.14. The first-order chi connectivity index (χ1) is 11.7. The van der Waals surface area contributed by atoms with Crippen molar-refractivity contribution in [3.63, 3.8) is 0 Å². The van der Waals surface area contributed by atoms with Crippen LogP contribution < -0.4 is 4.74 Å². The lowest BCUT2D eigenvalue weighted by Gasteiger charge is -2.51. The van der Waals surface area contributed by atoms with Crippen molar-refractivity contribution in [1.82, 2.24) is 9.88 Å². The highest BCUT2D eigenvalue weighted by atomic mass is 16.6. The molecule has 3 rings (SSSR count). The van der Waals surface area contributed by atoms with Crippen LogP contribution in [-0.2, 0) is 10.3 Å². The average molecular weight is 348 g/mol. The Morgan fingerprint density at radius 2 is 1.96 bits per heavy atom. The summed E-state index contributed by atoms with van der Waals surface area (Å²) in [6.45, 7) is 5.63. The summed E-state index contributed by atoms with van der Waals surface area (Å²) in [7, 11) is 1.60. The van der Waals surface area contributed by atoms with Gasteiger partial charge in [0.15, 0.2) is 0 Å². The van der Waals surface area contributed by atoms with Crippen molar-refractivity contribution in [2.24, 2.45) is 0 Å². The number of piperidine rings is 2. The lowest BCUT2D eigenvalue weighted by Crippen LogP contribution is -2.59. The van der Waals surface area contributed by atoms with Gasteiger partial charge in [-0.2, -0.15) is 0 Å². The first kappa shape index (κ1) is 18.0. The van der Waals surface area contributed by atoms with Crippen molar-refractivity contribution in [2.75, 3.05) is 7.11 Å². The Balaban J connectivity index is 1.87. The Bertz CT molecular complexity index is 627. The molecule has 2 unspecified atom stereocenters. The molecule has 2 aliphatic heterocycles. The third-order valence-electron chi connectivity index (χ3n) is 5.11. The highest BCUT2D eigenvalue weighted by Crippen LogP contribution is 2.46. The van der Waals surface area contributed by atoms with E-state index in [1.54, 1.807) is 25.6 Å². The van der Waals surface area contributed by atoms with Crippen LogP contribution in [-0.4, -0.2) is 45.9 Å². The molecule has 25 heavy (non-hydrogen) atoms. The summed E-state index contributed by atoms with van der Waals surface area (Å²) in [5.74, 6) is 0.640. The summed E-state index contributed by atoms with van der Waals surface area (Å²) in [5, 5.41) is 11.4. The molecule has 2 fully saturated rings. The van der Waals surface area contributed by atoms with Crippen molar-refractivity contribution in [1.29, 1.82) is 0 Å². The fraction of sp³-hybridized carbons (Fsp3) is 0.684. The summed E-state index contributed by atoms with van der Waals surface area (Å²) in [6.07, 6.45) is 6.83. The van der Waals surface area contributed by atoms with Crippen LogP contribution in [0.15, 0.2) is 18.5 Å². The van der Waals surface area contributed by atoms with Gasteiger partial charge < -0.3 is 19.5 Å². The van der Waals surface area contributed by atoms with Crippen LogP contribution in [0.25, 0.3) is 0 Å². The molecule has 0 saturated carbocycles. The van der Waals surface area contributed by atoms with Crippen LogP contribution in [0.1, 0.15) is 58.4 Å². The zero-order valence-corrected chi connectivity index (χ0v) is 15.5. The van der Waals surface area contributed by atoms with E-state index in [1.165, 1.54) is 0 Å². The van der Waals surface area contributed by atoms with Gasteiger partial charge in [0.2, 0.25) is 0 Å². The second kappa shape index (κ2) is 6.48. The SMILES string of the molecule is COc1ccncc1C1(O)CC2CCCC(C1)N2C(=O)OC(C)(C)C. The normalized spacial score (nSPS) is 29.2. The Kier molecular flexibility index (Phi) is 4.66. The van der Waals surface area contributed by atoms with E-state index in [2.05, 4.69) is 4.98 Å². The van der Waals surface area contributed by atoms with Crippen LogP contribution in [0.2, 0.25) is 0 Å². The van der Waals surface area contributed by atoms with E-state index < -0.39 is 11.2 Å². The van der Waals surface area contributed by atoms with Crippen LogP contribution in [0, 0.1) is 0 Å². The van der Waals surface area contributed by atoms with Crippen molar-refractivity contribution in [2.45, 2.75) is 76.2 Å². The number of amides is 1. The minimum atomic E-state index is -1.03. The fourth-order valence-corrected chi connectivity index (χ4v) is 4.17. The number of hydrogen-bond acceptors (Lipinski definition) is 5. The molecule has 3 heterocycles. The topological polar surface area (TPSA) is 71.9 Å². The van der Waals surface area contributed by atoms with Gasteiger partial charge in [-0.15, -0.1) is 0 Å². The van der Waals surface area contributed by atoms with Crippen LogP contribution in [0.3, 0.4) is 0 Å². The molecule has 1 amide bonds. The Hall–Kier alpha value is -1.82. The van der Waals surface area contributed by atoms with E-state index >= 15 is 0 Å². The first-order valence-corrected chi connectivity index (χ1v) is 8.96. The number of fused-ring (bicyclic) bond motifs is 2. The standard InChI is InChI=1S/C19H28N2O4/c1-18(2,3)25-17(22)21-13-6-5-7-14(21)11-19(23,10-13)15-12-20-9-8-16(15)24-4/h8-9,12-14,23H,5-7,10-11H2,1-4H3. The number of rotatable bonds is 2. The molecule has 1 aromatic heterocycles. The molecule has 0 radical (unpaired) electrons. The minimum Gasteiger partial charge on any atom is -0.496 e. The van der Waals surface area contributed by atoms with Gasteiger partial charge in [0.05, 0.1) is 12.7 Å². The van der Waals surface area contributed by atoms with Gasteiger partial charge in [-0.1, -0.05) is 0 Å². The maximum absolute atomic E-state index is 12.7. The van der Waals surface area contributed by atoms with E-state index in [4.69, 9.17) is 9.47 Å². The number of aromatic nitrogens is 1. The summed E-state index contributed by atoms with van der Waals surface area (Å²) < 4.78 is 11.0. The largest absolute Gasteiger partial charge is 0.496 e. The number of aliphatic hydroxyl groups is 1. The highest BCUT2D eigenvalue weighted by molar-refractivity contribution is 5.69. The van der Waals surface area contributed by atoms with Gasteiger partial charge in [0, 0.05) is 42.9 Å². The molecule has 6 heteroatoms. The zero-order chi connectivity index (χ0) is 18.2. The minimum absolute atomic E-state index is 0.0303. The van der Waals surface area contributed by atoms with Crippen LogP contribution in [0.5, 0.6) is 5.75 Å². The zero-order valence-electron chi connectivity index (χ0n) is 15.5. The summed E-state index contributed by atoms with van der Waals surface area (Å²) in [6, 6.07) is 1.71. The lowest BCUT2D eigenvalue weighted by atomic mass is 9.73. The number of ether oxygens (including phenoxy) is 2. The van der Waals surface area contributed by atoms with Crippen molar-refractivity contribution in [3.05, 3.63) is 24.0 Å². The smallest absolute Gasteiger partial charge is 0.410 e. The summed E-state index contributed by atoms with van der Waals surface area (Å²) in [5.41, 5.74) is -0.849. The molecule has 138 valence electrons. The molecule has 2 saturated heterocycles. The lowest BCUT2D eigenvalue weighted by molar-refractivity contribution is -0.0973. The van der Waals surface area contributed by atoms with Gasteiger partial charge in [-0.3, -0.25) is 4.98 Å². The van der Waals surface area contributed by atoms with E-state index in [1.807, 2.05) is 25.7 Å². The molecule has 2 atom stereocenters. The summed E-state index contributed by atoms with van der Waals surface area (Å²) in [4.78, 5) is 18.7. The van der Waals surface area contributed by atoms with Gasteiger partial charge in [0.1, 0.15) is 11.4 Å². The van der Waals surface area contributed by atoms with Gasteiger partial charge >= 0.3 is 6.09 Å². The third kappa shape index (κ3) is 3.59. The Morgan fingerprint density at radius 1 is 1.32 bits per heavy atom. The maximum atomic E-state index is 12.7. The Morgan fingerprint density at radius 3 is 2.52 bits per heavy atom. The number of pyridine rings is 1. The molecule has 1 aromatic rings. The number of methoxy groups -OCH3 is 1. The molecule has 0 spiro atoms. The molecule has 1 N–H and O–H groups in total. The second-order valence-electron chi connectivity index (χ2n) is 8.14. The molecule has 2 bridgehead atoms. The maximum Gasteiger partial charge on any atom is 0.410 e. The average Bonchev–Trinajstić information content (AvgIpc) is 2.52. The van der Waals surface area contributed by atoms with Crippen molar-refractivity contribution >= 4 is 6.09 Å². The predicted octanol–water partition coefficient (Wildman–Crippen LogP) is 3.23. The van der Waals surface area contributed by atoms with Crippen LogP contribution >= 0.6 is 0 Å². The quantitative estimate of drug-likeness (QED) is 0.888. The third-order valence-corrected chi connectivity index (χ3v) is 5.11. The number of carbonyl (C=O) groups excluding carboxylic acids is 1.